The second-order valence-corrected chi connectivity index (χ2v) is 5.47. The Bertz CT molecular complexity index is 378. The SMILES string of the molecule is N#Cc1cccc(NCC2CCCCS2)c1. The van der Waals surface area contributed by atoms with Gasteiger partial charge in [0.2, 0.25) is 0 Å². The van der Waals surface area contributed by atoms with E-state index in [-0.39, 0.29) is 0 Å². The Morgan fingerprint density at radius 2 is 2.38 bits per heavy atom. The minimum absolute atomic E-state index is 0.723. The maximum atomic E-state index is 8.80. The molecule has 0 bridgehead atoms. The van der Waals surface area contributed by atoms with Crippen molar-refractivity contribution < 1.29 is 0 Å². The van der Waals surface area contributed by atoms with Crippen LogP contribution in [0.3, 0.4) is 0 Å². The molecule has 1 unspecified atom stereocenters. The van der Waals surface area contributed by atoms with Crippen molar-refractivity contribution in [2.24, 2.45) is 0 Å². The van der Waals surface area contributed by atoms with E-state index in [0.717, 1.165) is 23.0 Å². The van der Waals surface area contributed by atoms with Crippen LogP contribution in [-0.2, 0) is 0 Å². The molecular formula is C13H16N2S. The Morgan fingerprint density at radius 3 is 3.12 bits per heavy atom. The van der Waals surface area contributed by atoms with Crippen molar-refractivity contribution in [3.05, 3.63) is 29.8 Å². The Balaban J connectivity index is 1.86. The standard InChI is InChI=1S/C13H16N2S/c14-9-11-4-3-5-12(8-11)15-10-13-6-1-2-7-16-13/h3-5,8,13,15H,1-2,6-7,10H2. The topological polar surface area (TPSA) is 35.8 Å². The molecule has 1 aliphatic rings. The molecule has 2 nitrogen and oxygen atoms in total. The van der Waals surface area contributed by atoms with E-state index >= 15 is 0 Å². The molecule has 1 atom stereocenters. The molecule has 1 saturated heterocycles. The second-order valence-electron chi connectivity index (χ2n) is 4.06. The molecule has 2 rings (SSSR count). The van der Waals surface area contributed by atoms with Gasteiger partial charge in [-0.15, -0.1) is 0 Å². The predicted molar refractivity (Wildman–Crippen MR) is 69.7 cm³/mol. The number of rotatable bonds is 3. The largest absolute Gasteiger partial charge is 0.384 e. The van der Waals surface area contributed by atoms with Gasteiger partial charge < -0.3 is 5.32 Å². The molecule has 1 fully saturated rings. The number of nitriles is 1. The van der Waals surface area contributed by atoms with Gasteiger partial charge in [-0.2, -0.15) is 17.0 Å². The van der Waals surface area contributed by atoms with Crippen molar-refractivity contribution >= 4 is 17.4 Å². The Kier molecular flexibility index (Phi) is 4.12. The van der Waals surface area contributed by atoms with Gasteiger partial charge in [0.1, 0.15) is 0 Å². The maximum absolute atomic E-state index is 8.80. The smallest absolute Gasteiger partial charge is 0.0992 e. The van der Waals surface area contributed by atoms with Crippen LogP contribution in [0, 0.1) is 11.3 Å². The van der Waals surface area contributed by atoms with Crippen LogP contribution >= 0.6 is 11.8 Å². The van der Waals surface area contributed by atoms with Crippen LogP contribution < -0.4 is 5.32 Å². The molecule has 0 amide bonds. The lowest BCUT2D eigenvalue weighted by Crippen LogP contribution is -2.19. The summed E-state index contributed by atoms with van der Waals surface area (Å²) in [6, 6.07) is 9.85. The summed E-state index contributed by atoms with van der Waals surface area (Å²) in [5.74, 6) is 1.30. The van der Waals surface area contributed by atoms with Gasteiger partial charge in [0, 0.05) is 17.5 Å². The first-order valence-corrected chi connectivity index (χ1v) is 6.79. The van der Waals surface area contributed by atoms with E-state index in [1.807, 2.05) is 24.3 Å². The van der Waals surface area contributed by atoms with Gasteiger partial charge in [-0.05, 0) is 36.8 Å². The Morgan fingerprint density at radius 1 is 1.44 bits per heavy atom. The van der Waals surface area contributed by atoms with E-state index in [1.54, 1.807) is 0 Å². The molecule has 1 aromatic carbocycles. The third-order valence-electron chi connectivity index (χ3n) is 2.80. The highest BCUT2D eigenvalue weighted by Gasteiger charge is 2.13. The van der Waals surface area contributed by atoms with E-state index in [2.05, 4.69) is 23.1 Å². The highest BCUT2D eigenvalue weighted by atomic mass is 32.2. The zero-order valence-electron chi connectivity index (χ0n) is 9.28. The zero-order valence-corrected chi connectivity index (χ0v) is 10.1. The number of anilines is 1. The van der Waals surface area contributed by atoms with Crippen molar-refractivity contribution in [3.8, 4) is 6.07 Å². The molecule has 0 radical (unpaired) electrons. The maximum Gasteiger partial charge on any atom is 0.0992 e. The molecule has 16 heavy (non-hydrogen) atoms. The van der Waals surface area contributed by atoms with E-state index in [4.69, 9.17) is 5.26 Å². The minimum Gasteiger partial charge on any atom is -0.384 e. The molecule has 3 heteroatoms. The number of benzene rings is 1. The van der Waals surface area contributed by atoms with Crippen molar-refractivity contribution in [1.82, 2.24) is 0 Å². The highest BCUT2D eigenvalue weighted by Crippen LogP contribution is 2.25. The number of nitrogens with one attached hydrogen (secondary N) is 1. The fourth-order valence-electron chi connectivity index (χ4n) is 1.90. The first-order chi connectivity index (χ1) is 7.88. The van der Waals surface area contributed by atoms with Crippen LogP contribution in [0.2, 0.25) is 0 Å². The molecule has 1 aliphatic heterocycles. The zero-order chi connectivity index (χ0) is 11.2. The molecule has 84 valence electrons. The van der Waals surface area contributed by atoms with Gasteiger partial charge in [0.25, 0.3) is 0 Å². The lowest BCUT2D eigenvalue weighted by molar-refractivity contribution is 0.677. The van der Waals surface area contributed by atoms with Crippen LogP contribution in [0.1, 0.15) is 24.8 Å². The quantitative estimate of drug-likeness (QED) is 0.869. The van der Waals surface area contributed by atoms with Gasteiger partial charge in [0.15, 0.2) is 0 Å². The lowest BCUT2D eigenvalue weighted by Gasteiger charge is -2.21. The van der Waals surface area contributed by atoms with Gasteiger partial charge in [0.05, 0.1) is 11.6 Å². The van der Waals surface area contributed by atoms with Crippen LogP contribution in [0.4, 0.5) is 5.69 Å². The molecular weight excluding hydrogens is 216 g/mol. The average Bonchev–Trinajstić information content (AvgIpc) is 2.38. The molecule has 0 aromatic heterocycles. The van der Waals surface area contributed by atoms with Crippen molar-refractivity contribution in [1.29, 1.82) is 5.26 Å². The van der Waals surface area contributed by atoms with Gasteiger partial charge in [-0.25, -0.2) is 0 Å². The minimum atomic E-state index is 0.723. The van der Waals surface area contributed by atoms with Crippen LogP contribution in [0.5, 0.6) is 0 Å². The first-order valence-electron chi connectivity index (χ1n) is 5.74. The van der Waals surface area contributed by atoms with E-state index < -0.39 is 0 Å². The first kappa shape index (κ1) is 11.3. The van der Waals surface area contributed by atoms with Crippen molar-refractivity contribution in [3.63, 3.8) is 0 Å². The Hall–Kier alpha value is -1.14. The van der Waals surface area contributed by atoms with Crippen molar-refractivity contribution in [2.45, 2.75) is 24.5 Å². The third kappa shape index (κ3) is 3.18. The van der Waals surface area contributed by atoms with Crippen LogP contribution in [0.15, 0.2) is 24.3 Å². The summed E-state index contributed by atoms with van der Waals surface area (Å²) in [7, 11) is 0. The number of hydrogen-bond donors (Lipinski definition) is 1. The summed E-state index contributed by atoms with van der Waals surface area (Å²) in [4.78, 5) is 0. The highest BCUT2D eigenvalue weighted by molar-refractivity contribution is 7.99. The van der Waals surface area contributed by atoms with Gasteiger partial charge >= 0.3 is 0 Å². The molecule has 0 aliphatic carbocycles. The summed E-state index contributed by atoms with van der Waals surface area (Å²) in [6.07, 6.45) is 4.04. The number of thioether (sulfide) groups is 1. The van der Waals surface area contributed by atoms with E-state index in [1.165, 1.54) is 25.0 Å². The summed E-state index contributed by atoms with van der Waals surface area (Å²) >= 11 is 2.06. The molecule has 0 spiro atoms. The number of nitrogens with zero attached hydrogens (tertiary/aromatic N) is 1. The van der Waals surface area contributed by atoms with E-state index in [0.29, 0.717) is 0 Å². The molecule has 1 N–H and O–H groups in total. The number of hydrogen-bond acceptors (Lipinski definition) is 3. The van der Waals surface area contributed by atoms with Crippen LogP contribution in [-0.4, -0.2) is 17.5 Å². The second kappa shape index (κ2) is 5.81. The summed E-state index contributed by atoms with van der Waals surface area (Å²) in [5.41, 5.74) is 1.78. The fraction of sp³-hybridized carbons (Fsp3) is 0.462. The molecule has 0 saturated carbocycles. The molecule has 1 heterocycles. The summed E-state index contributed by atoms with van der Waals surface area (Å²) < 4.78 is 0. The Labute approximate surface area is 101 Å². The molecule has 1 aromatic rings. The summed E-state index contributed by atoms with van der Waals surface area (Å²) in [6.45, 7) is 1.01. The van der Waals surface area contributed by atoms with E-state index in [9.17, 15) is 0 Å². The predicted octanol–water partition coefficient (Wildman–Crippen LogP) is 3.26. The van der Waals surface area contributed by atoms with Crippen molar-refractivity contribution in [2.75, 3.05) is 17.6 Å². The summed E-state index contributed by atoms with van der Waals surface area (Å²) in [5, 5.41) is 12.9. The van der Waals surface area contributed by atoms with Crippen LogP contribution in [0.25, 0.3) is 0 Å². The monoisotopic (exact) mass is 232 g/mol. The average molecular weight is 232 g/mol. The fourth-order valence-corrected chi connectivity index (χ4v) is 3.14. The lowest BCUT2D eigenvalue weighted by atomic mass is 10.2. The third-order valence-corrected chi connectivity index (χ3v) is 4.20. The van der Waals surface area contributed by atoms with Gasteiger partial charge in [-0.1, -0.05) is 12.5 Å². The van der Waals surface area contributed by atoms with Gasteiger partial charge in [-0.3, -0.25) is 0 Å². The normalized spacial score (nSPS) is 20.1.